The number of nitrogens with two attached hydrogens (primary N) is 2. The molecule has 29 heavy (non-hydrogen) atoms. The molecule has 2 aromatic carbocycles. The Morgan fingerprint density at radius 1 is 0.586 bits per heavy atom. The highest BCUT2D eigenvalue weighted by atomic mass is 79.9. The van der Waals surface area contributed by atoms with Crippen LogP contribution in [0.2, 0.25) is 0 Å². The maximum atomic E-state index is 6.59. The molecular formula is C25H36Br2N2. The molecule has 0 radical (unpaired) electrons. The summed E-state index contributed by atoms with van der Waals surface area (Å²) >= 11 is 7.61. The minimum absolute atomic E-state index is 0.765. The quantitative estimate of drug-likeness (QED) is 0.312. The van der Waals surface area contributed by atoms with Gasteiger partial charge in [0.05, 0.1) is 0 Å². The van der Waals surface area contributed by atoms with E-state index < -0.39 is 0 Å². The van der Waals surface area contributed by atoms with Gasteiger partial charge in [-0.15, -0.1) is 0 Å². The van der Waals surface area contributed by atoms with E-state index in [0.29, 0.717) is 0 Å². The molecule has 2 aromatic rings. The Morgan fingerprint density at radius 2 is 0.931 bits per heavy atom. The minimum atomic E-state index is 0.765. The summed E-state index contributed by atoms with van der Waals surface area (Å²) < 4.78 is 2.16. The molecule has 0 bridgehead atoms. The summed E-state index contributed by atoms with van der Waals surface area (Å²) in [6.07, 6.45) is 9.54. The van der Waals surface area contributed by atoms with Crippen LogP contribution in [0.4, 0.5) is 11.4 Å². The fraction of sp³-hybridized carbons (Fsp3) is 0.520. The van der Waals surface area contributed by atoms with Gasteiger partial charge < -0.3 is 11.5 Å². The predicted molar refractivity (Wildman–Crippen MR) is 136 cm³/mol. The fourth-order valence-corrected chi connectivity index (χ4v) is 5.58. The topological polar surface area (TPSA) is 52.0 Å². The number of benzene rings is 2. The second-order valence-corrected chi connectivity index (χ2v) is 9.56. The molecular weight excluding hydrogens is 488 g/mol. The van der Waals surface area contributed by atoms with E-state index in [9.17, 15) is 0 Å². The van der Waals surface area contributed by atoms with Crippen molar-refractivity contribution in [3.8, 4) is 0 Å². The van der Waals surface area contributed by atoms with Crippen molar-refractivity contribution in [1.29, 1.82) is 0 Å². The fourth-order valence-electron chi connectivity index (χ4n) is 4.16. The highest BCUT2D eigenvalue weighted by Gasteiger charge is 2.18. The molecule has 0 heterocycles. The number of hydrogen-bond acceptors (Lipinski definition) is 2. The van der Waals surface area contributed by atoms with Crippen LogP contribution in [0.15, 0.2) is 21.1 Å². The van der Waals surface area contributed by atoms with Crippen molar-refractivity contribution >= 4 is 43.2 Å². The molecule has 0 atom stereocenters. The lowest BCUT2D eigenvalue weighted by Crippen LogP contribution is -2.08. The number of aryl methyl sites for hydroxylation is 2. The Balaban J connectivity index is 2.55. The van der Waals surface area contributed by atoms with Gasteiger partial charge in [0.2, 0.25) is 0 Å². The lowest BCUT2D eigenvalue weighted by atomic mass is 9.90. The van der Waals surface area contributed by atoms with Crippen molar-refractivity contribution in [3.63, 3.8) is 0 Å². The first kappa shape index (κ1) is 24.3. The SMILES string of the molecule is CCCc1cc(Cc2cc(CCC)c(CCC)c(Br)c2N)c(N)c(Br)c1CCC. The Hall–Kier alpha value is -1.00. The maximum absolute atomic E-state index is 6.59. The van der Waals surface area contributed by atoms with Gasteiger partial charge in [0.1, 0.15) is 0 Å². The normalized spacial score (nSPS) is 11.2. The van der Waals surface area contributed by atoms with Crippen LogP contribution in [0, 0.1) is 0 Å². The molecule has 160 valence electrons. The van der Waals surface area contributed by atoms with Gasteiger partial charge in [-0.05, 0) is 90.9 Å². The average molecular weight is 524 g/mol. The van der Waals surface area contributed by atoms with Crippen LogP contribution in [0.1, 0.15) is 86.8 Å². The molecule has 0 amide bonds. The molecule has 2 rings (SSSR count). The molecule has 2 nitrogen and oxygen atoms in total. The summed E-state index contributed by atoms with van der Waals surface area (Å²) in [6.45, 7) is 8.91. The third-order valence-electron chi connectivity index (χ3n) is 5.59. The average Bonchev–Trinajstić information content (AvgIpc) is 2.70. The van der Waals surface area contributed by atoms with E-state index in [1.165, 1.54) is 33.4 Å². The van der Waals surface area contributed by atoms with E-state index in [2.05, 4.69) is 71.7 Å². The predicted octanol–water partition coefficient (Wildman–Crippen LogP) is 7.78. The molecule has 0 saturated heterocycles. The summed E-state index contributed by atoms with van der Waals surface area (Å²) in [4.78, 5) is 0. The van der Waals surface area contributed by atoms with Crippen molar-refractivity contribution in [3.05, 3.63) is 54.5 Å². The van der Waals surface area contributed by atoms with Crippen molar-refractivity contribution < 1.29 is 0 Å². The summed E-state index contributed by atoms with van der Waals surface area (Å²) in [5, 5.41) is 0. The first-order valence-electron chi connectivity index (χ1n) is 11.1. The first-order chi connectivity index (χ1) is 13.9. The van der Waals surface area contributed by atoms with Crippen LogP contribution in [-0.2, 0) is 32.1 Å². The zero-order valence-electron chi connectivity index (χ0n) is 18.4. The van der Waals surface area contributed by atoms with Crippen LogP contribution in [0.5, 0.6) is 0 Å². The summed E-state index contributed by atoms with van der Waals surface area (Å²) in [5.41, 5.74) is 22.8. The monoisotopic (exact) mass is 522 g/mol. The van der Waals surface area contributed by atoms with Gasteiger partial charge in [0.25, 0.3) is 0 Å². The van der Waals surface area contributed by atoms with E-state index in [1.807, 2.05) is 0 Å². The highest BCUT2D eigenvalue weighted by Crippen LogP contribution is 2.37. The number of hydrogen-bond donors (Lipinski definition) is 2. The second-order valence-electron chi connectivity index (χ2n) is 7.98. The molecule has 0 saturated carbocycles. The van der Waals surface area contributed by atoms with E-state index in [4.69, 9.17) is 11.5 Å². The van der Waals surface area contributed by atoms with Crippen molar-refractivity contribution in [2.75, 3.05) is 11.5 Å². The van der Waals surface area contributed by atoms with Crippen LogP contribution in [-0.4, -0.2) is 0 Å². The Morgan fingerprint density at radius 3 is 1.24 bits per heavy atom. The van der Waals surface area contributed by atoms with Crippen LogP contribution >= 0.6 is 31.9 Å². The maximum Gasteiger partial charge on any atom is 0.0497 e. The molecule has 4 heteroatoms. The molecule has 4 N–H and O–H groups in total. The smallest absolute Gasteiger partial charge is 0.0497 e. The molecule has 0 aromatic heterocycles. The lowest BCUT2D eigenvalue weighted by Gasteiger charge is -2.20. The van der Waals surface area contributed by atoms with E-state index in [-0.39, 0.29) is 0 Å². The van der Waals surface area contributed by atoms with Gasteiger partial charge in [-0.1, -0.05) is 65.5 Å². The number of rotatable bonds is 10. The summed E-state index contributed by atoms with van der Waals surface area (Å²) in [5.74, 6) is 0. The summed E-state index contributed by atoms with van der Waals surface area (Å²) in [7, 11) is 0. The van der Waals surface area contributed by atoms with Gasteiger partial charge in [-0.2, -0.15) is 0 Å². The summed E-state index contributed by atoms with van der Waals surface area (Å²) in [6, 6.07) is 4.64. The zero-order valence-corrected chi connectivity index (χ0v) is 21.6. The third-order valence-corrected chi connectivity index (χ3v) is 7.40. The number of nitrogen functional groups attached to an aromatic ring is 2. The first-order valence-corrected chi connectivity index (χ1v) is 12.6. The third kappa shape index (κ3) is 5.58. The Kier molecular flexibility index (Phi) is 9.55. The van der Waals surface area contributed by atoms with E-state index in [1.54, 1.807) is 0 Å². The molecule has 0 fully saturated rings. The van der Waals surface area contributed by atoms with Gasteiger partial charge in [-0.25, -0.2) is 0 Å². The molecule has 0 spiro atoms. The van der Waals surface area contributed by atoms with Gasteiger partial charge in [0, 0.05) is 26.7 Å². The van der Waals surface area contributed by atoms with Crippen molar-refractivity contribution in [1.82, 2.24) is 0 Å². The van der Waals surface area contributed by atoms with Crippen molar-refractivity contribution in [2.24, 2.45) is 0 Å². The molecule has 0 aliphatic carbocycles. The van der Waals surface area contributed by atoms with Crippen LogP contribution < -0.4 is 11.5 Å². The Bertz CT molecular complexity index is 774. The van der Waals surface area contributed by atoms with Crippen molar-refractivity contribution in [2.45, 2.75) is 85.5 Å². The molecule has 0 aliphatic rings. The second kappa shape index (κ2) is 11.4. The van der Waals surface area contributed by atoms with Gasteiger partial charge in [-0.3, -0.25) is 0 Å². The lowest BCUT2D eigenvalue weighted by molar-refractivity contribution is 0.851. The van der Waals surface area contributed by atoms with E-state index >= 15 is 0 Å². The van der Waals surface area contributed by atoms with Gasteiger partial charge in [0.15, 0.2) is 0 Å². The minimum Gasteiger partial charge on any atom is -0.398 e. The van der Waals surface area contributed by atoms with Crippen LogP contribution in [0.25, 0.3) is 0 Å². The van der Waals surface area contributed by atoms with Crippen LogP contribution in [0.3, 0.4) is 0 Å². The molecule has 0 aliphatic heterocycles. The number of anilines is 2. The van der Waals surface area contributed by atoms with Gasteiger partial charge >= 0.3 is 0 Å². The largest absolute Gasteiger partial charge is 0.398 e. The molecule has 0 unspecified atom stereocenters. The van der Waals surface area contributed by atoms with E-state index in [0.717, 1.165) is 78.1 Å². The highest BCUT2D eigenvalue weighted by molar-refractivity contribution is 9.11. The number of halogens is 2. The standard InChI is InChI=1S/C25H36Br2N2/c1-5-9-16-13-18(24(28)22(26)20(16)11-7-3)15-19-14-17(10-6-2)21(12-8-4)23(27)25(19)29/h13-14H,5-12,15,28-29H2,1-4H3. The zero-order chi connectivity index (χ0) is 21.6. The Labute approximate surface area is 194 Å².